The number of fused-ring (bicyclic) bond motifs is 1. The summed E-state index contributed by atoms with van der Waals surface area (Å²) in [5.41, 5.74) is 2.15. The molecule has 0 aliphatic heterocycles. The highest BCUT2D eigenvalue weighted by atomic mass is 127. The van der Waals surface area contributed by atoms with Gasteiger partial charge < -0.3 is 15.6 Å². The number of imidazole rings is 1. The highest BCUT2D eigenvalue weighted by Gasteiger charge is 2.11. The predicted molar refractivity (Wildman–Crippen MR) is 106 cm³/mol. The third kappa shape index (κ3) is 4.95. The number of aryl methyl sites for hydroxylation is 1. The third-order valence-electron chi connectivity index (χ3n) is 3.89. The molecule has 0 spiro atoms. The van der Waals surface area contributed by atoms with Crippen molar-refractivity contribution in [1.29, 1.82) is 0 Å². The van der Waals surface area contributed by atoms with E-state index < -0.39 is 0 Å². The number of halogens is 1. The Morgan fingerprint density at radius 1 is 1.30 bits per heavy atom. The Morgan fingerprint density at radius 2 is 2.09 bits per heavy atom. The molecule has 0 saturated heterocycles. The lowest BCUT2D eigenvalue weighted by Gasteiger charge is -2.16. The molecule has 0 radical (unpaired) electrons. The Bertz CT molecular complexity index is 635. The van der Waals surface area contributed by atoms with Crippen LogP contribution in [0.2, 0.25) is 0 Å². The van der Waals surface area contributed by atoms with Crippen LogP contribution in [0.4, 0.5) is 0 Å². The molecule has 3 N–H and O–H groups in total. The van der Waals surface area contributed by atoms with Crippen molar-refractivity contribution in [3.05, 3.63) is 42.2 Å². The highest BCUT2D eigenvalue weighted by Crippen LogP contribution is 2.11. The van der Waals surface area contributed by atoms with Gasteiger partial charge in [-0.2, -0.15) is 0 Å². The van der Waals surface area contributed by atoms with Gasteiger partial charge in [-0.15, -0.1) is 24.0 Å². The number of para-hydroxylation sites is 2. The van der Waals surface area contributed by atoms with Crippen LogP contribution < -0.4 is 10.6 Å². The summed E-state index contributed by atoms with van der Waals surface area (Å²) in [5, 5.41) is 6.81. The molecule has 1 aliphatic rings. The second-order valence-corrected chi connectivity index (χ2v) is 5.59. The van der Waals surface area contributed by atoms with E-state index in [1.54, 1.807) is 0 Å². The number of aromatic nitrogens is 2. The molecule has 124 valence electrons. The van der Waals surface area contributed by atoms with Gasteiger partial charge in [-0.3, -0.25) is 4.99 Å². The number of aromatic amines is 1. The van der Waals surface area contributed by atoms with E-state index >= 15 is 0 Å². The minimum atomic E-state index is 0. The molecule has 2 aromatic rings. The standard InChI is InChI=1S/C17H23N5.HI/c1-18-17(20-13-7-2-3-8-13)19-12-6-11-16-21-14-9-4-5-10-15(14)22-16;/h2-5,9-10,13H,6-8,11-12H2,1H3,(H,21,22)(H2,18,19,20);1H. The lowest BCUT2D eigenvalue weighted by molar-refractivity contribution is 0.627. The van der Waals surface area contributed by atoms with E-state index in [-0.39, 0.29) is 24.0 Å². The smallest absolute Gasteiger partial charge is 0.191 e. The van der Waals surface area contributed by atoms with Crippen LogP contribution in [0.25, 0.3) is 11.0 Å². The number of rotatable bonds is 5. The minimum Gasteiger partial charge on any atom is -0.356 e. The molecule has 3 rings (SSSR count). The van der Waals surface area contributed by atoms with Crippen LogP contribution in [0, 0.1) is 0 Å². The molecule has 0 bridgehead atoms. The maximum Gasteiger partial charge on any atom is 0.191 e. The van der Waals surface area contributed by atoms with Crippen molar-refractivity contribution < 1.29 is 0 Å². The van der Waals surface area contributed by atoms with Crippen molar-refractivity contribution in [1.82, 2.24) is 20.6 Å². The third-order valence-corrected chi connectivity index (χ3v) is 3.89. The first-order valence-electron chi connectivity index (χ1n) is 7.91. The van der Waals surface area contributed by atoms with Crippen molar-refractivity contribution in [3.8, 4) is 0 Å². The van der Waals surface area contributed by atoms with Crippen molar-refractivity contribution >= 4 is 41.0 Å². The minimum absolute atomic E-state index is 0. The molecular formula is C17H24IN5. The number of aliphatic imine (C=N–C) groups is 1. The number of nitrogens with zero attached hydrogens (tertiary/aromatic N) is 2. The fraction of sp³-hybridized carbons (Fsp3) is 0.412. The maximum absolute atomic E-state index is 4.60. The van der Waals surface area contributed by atoms with Crippen molar-refractivity contribution in [2.24, 2.45) is 4.99 Å². The molecule has 0 atom stereocenters. The summed E-state index contributed by atoms with van der Waals surface area (Å²) in [4.78, 5) is 12.2. The Morgan fingerprint density at radius 3 is 2.83 bits per heavy atom. The molecule has 6 heteroatoms. The van der Waals surface area contributed by atoms with E-state index in [4.69, 9.17) is 0 Å². The first kappa shape index (κ1) is 17.8. The first-order valence-corrected chi connectivity index (χ1v) is 7.91. The molecule has 1 heterocycles. The summed E-state index contributed by atoms with van der Waals surface area (Å²) in [6, 6.07) is 8.63. The van der Waals surface area contributed by atoms with E-state index in [1.165, 1.54) is 0 Å². The average Bonchev–Trinajstić information content (AvgIpc) is 3.19. The van der Waals surface area contributed by atoms with Gasteiger partial charge in [0.25, 0.3) is 0 Å². The number of benzene rings is 1. The van der Waals surface area contributed by atoms with Gasteiger partial charge in [-0.05, 0) is 31.4 Å². The van der Waals surface area contributed by atoms with Gasteiger partial charge in [0.2, 0.25) is 0 Å². The predicted octanol–water partition coefficient (Wildman–Crippen LogP) is 3.00. The second kappa shape index (κ2) is 8.90. The molecule has 1 aromatic heterocycles. The van der Waals surface area contributed by atoms with Crippen LogP contribution in [-0.2, 0) is 6.42 Å². The van der Waals surface area contributed by atoms with E-state index in [0.29, 0.717) is 6.04 Å². The van der Waals surface area contributed by atoms with Crippen LogP contribution in [0.1, 0.15) is 25.1 Å². The molecule has 0 saturated carbocycles. The summed E-state index contributed by atoms with van der Waals surface area (Å²) in [6.07, 6.45) is 8.55. The van der Waals surface area contributed by atoms with Gasteiger partial charge in [-0.25, -0.2) is 4.98 Å². The number of guanidine groups is 1. The topological polar surface area (TPSA) is 65.1 Å². The zero-order chi connectivity index (χ0) is 15.2. The molecule has 1 aliphatic carbocycles. The van der Waals surface area contributed by atoms with Gasteiger partial charge in [0.15, 0.2) is 5.96 Å². The summed E-state index contributed by atoms with van der Waals surface area (Å²) in [6.45, 7) is 0.886. The molecule has 5 nitrogen and oxygen atoms in total. The number of H-pyrrole nitrogens is 1. The van der Waals surface area contributed by atoms with Crippen molar-refractivity contribution in [3.63, 3.8) is 0 Å². The van der Waals surface area contributed by atoms with Crippen molar-refractivity contribution in [2.75, 3.05) is 13.6 Å². The highest BCUT2D eigenvalue weighted by molar-refractivity contribution is 14.0. The van der Waals surface area contributed by atoms with Crippen molar-refractivity contribution in [2.45, 2.75) is 31.7 Å². The Hall–Kier alpha value is -1.57. The first-order chi connectivity index (χ1) is 10.8. The fourth-order valence-electron chi connectivity index (χ4n) is 2.71. The van der Waals surface area contributed by atoms with Gasteiger partial charge >= 0.3 is 0 Å². The van der Waals surface area contributed by atoms with Crippen LogP contribution in [0.15, 0.2) is 41.4 Å². The number of hydrogen-bond acceptors (Lipinski definition) is 2. The SMILES string of the molecule is CN=C(NCCCc1nc2ccccc2[nH]1)NC1CC=CC1.I. The van der Waals surface area contributed by atoms with E-state index in [9.17, 15) is 0 Å². The molecule has 1 aromatic carbocycles. The maximum atomic E-state index is 4.60. The number of hydrogen-bond donors (Lipinski definition) is 3. The van der Waals surface area contributed by atoms with Gasteiger partial charge in [0, 0.05) is 26.1 Å². The summed E-state index contributed by atoms with van der Waals surface area (Å²) in [7, 11) is 1.82. The van der Waals surface area contributed by atoms with Crippen LogP contribution >= 0.6 is 24.0 Å². The molecular weight excluding hydrogens is 401 g/mol. The quantitative estimate of drug-likeness (QED) is 0.227. The van der Waals surface area contributed by atoms with Gasteiger partial charge in [-0.1, -0.05) is 24.3 Å². The normalized spacial score (nSPS) is 14.9. The average molecular weight is 425 g/mol. The van der Waals surface area contributed by atoms with Crippen LogP contribution in [0.5, 0.6) is 0 Å². The fourth-order valence-corrected chi connectivity index (χ4v) is 2.71. The summed E-state index contributed by atoms with van der Waals surface area (Å²) < 4.78 is 0. The second-order valence-electron chi connectivity index (χ2n) is 5.59. The lowest BCUT2D eigenvalue weighted by atomic mass is 10.2. The van der Waals surface area contributed by atoms with Gasteiger partial charge in [0.1, 0.15) is 5.82 Å². The van der Waals surface area contributed by atoms with Crippen LogP contribution in [-0.4, -0.2) is 35.6 Å². The van der Waals surface area contributed by atoms with Gasteiger partial charge in [0.05, 0.1) is 11.0 Å². The summed E-state index contributed by atoms with van der Waals surface area (Å²) in [5.74, 6) is 1.93. The summed E-state index contributed by atoms with van der Waals surface area (Å²) >= 11 is 0. The Labute approximate surface area is 154 Å². The van der Waals surface area contributed by atoms with E-state index in [2.05, 4.69) is 43.8 Å². The zero-order valence-corrected chi connectivity index (χ0v) is 15.7. The molecule has 23 heavy (non-hydrogen) atoms. The Kier molecular flexibility index (Phi) is 6.88. The van der Waals surface area contributed by atoms with Crippen LogP contribution in [0.3, 0.4) is 0 Å². The zero-order valence-electron chi connectivity index (χ0n) is 13.4. The molecule has 0 amide bonds. The Balaban J connectivity index is 0.00000192. The van der Waals surface area contributed by atoms with E-state index in [1.807, 2.05) is 25.2 Å². The lowest BCUT2D eigenvalue weighted by Crippen LogP contribution is -2.42. The monoisotopic (exact) mass is 425 g/mol. The largest absolute Gasteiger partial charge is 0.356 e. The van der Waals surface area contributed by atoms with E-state index in [0.717, 1.165) is 55.0 Å². The number of nitrogens with one attached hydrogen (secondary N) is 3. The molecule has 0 unspecified atom stereocenters. The molecule has 0 fully saturated rings.